The zero-order valence-corrected chi connectivity index (χ0v) is 15.9. The Kier molecular flexibility index (Phi) is 6.21. The summed E-state index contributed by atoms with van der Waals surface area (Å²) in [5.41, 5.74) is 3.25. The molecule has 0 spiro atoms. The second kappa shape index (κ2) is 8.79. The van der Waals surface area contributed by atoms with Crippen LogP contribution in [0.15, 0.2) is 29.8 Å². The predicted octanol–water partition coefficient (Wildman–Crippen LogP) is 3.00. The molecule has 0 aliphatic heterocycles. The highest BCUT2D eigenvalue weighted by Crippen LogP contribution is 2.19. The summed E-state index contributed by atoms with van der Waals surface area (Å²) < 4.78 is 7.05. The first-order chi connectivity index (χ1) is 13.1. The third-order valence-electron chi connectivity index (χ3n) is 4.83. The third kappa shape index (κ3) is 4.72. The van der Waals surface area contributed by atoms with Crippen molar-refractivity contribution in [3.05, 3.63) is 35.4 Å². The molecule has 0 unspecified atom stereocenters. The lowest BCUT2D eigenvalue weighted by molar-refractivity contribution is -0.129. The number of carbonyl (C=O) groups excluding carboxylic acids is 2. The number of amides is 1. The molecule has 0 saturated carbocycles. The van der Waals surface area contributed by atoms with Crippen molar-refractivity contribution < 1.29 is 14.3 Å². The van der Waals surface area contributed by atoms with E-state index < -0.39 is 12.1 Å². The summed E-state index contributed by atoms with van der Waals surface area (Å²) in [7, 11) is 0. The molecular weight excluding hydrogens is 344 g/mol. The van der Waals surface area contributed by atoms with Crippen LogP contribution in [0.3, 0.4) is 0 Å². The van der Waals surface area contributed by atoms with Crippen molar-refractivity contribution in [3.63, 3.8) is 0 Å². The van der Waals surface area contributed by atoms with Crippen LogP contribution in [-0.4, -0.2) is 39.5 Å². The van der Waals surface area contributed by atoms with Gasteiger partial charge in [0.05, 0.1) is 11.1 Å². The molecule has 0 saturated heterocycles. The fraction of sp³-hybridized carbons (Fsp3) is 0.500. The summed E-state index contributed by atoms with van der Waals surface area (Å²) in [5, 5.41) is 10.9. The van der Waals surface area contributed by atoms with Gasteiger partial charge in [0, 0.05) is 13.1 Å². The fourth-order valence-corrected chi connectivity index (χ4v) is 3.24. The number of hydrogen-bond acceptors (Lipinski definition) is 5. The number of carbonyl (C=O) groups is 2. The smallest absolute Gasteiger partial charge is 0.338 e. The lowest BCUT2D eigenvalue weighted by atomic mass is 9.97. The number of nitrogens with one attached hydrogen (secondary N) is 1. The molecule has 2 aromatic rings. The van der Waals surface area contributed by atoms with Crippen LogP contribution in [0.4, 0.5) is 0 Å². The average molecular weight is 370 g/mol. The summed E-state index contributed by atoms with van der Waals surface area (Å²) in [4.78, 5) is 24.5. The number of nitrogens with zero attached hydrogens (tertiary/aromatic N) is 3. The molecule has 1 N–H and O–H groups in total. The minimum absolute atomic E-state index is 0.280. The van der Waals surface area contributed by atoms with Gasteiger partial charge in [0.1, 0.15) is 5.52 Å². The number of fused-ring (bicyclic) bond motifs is 1. The van der Waals surface area contributed by atoms with E-state index in [0.717, 1.165) is 24.8 Å². The zero-order chi connectivity index (χ0) is 19.2. The van der Waals surface area contributed by atoms with Gasteiger partial charge in [0.2, 0.25) is 0 Å². The molecule has 1 aliphatic rings. The minimum atomic E-state index is -0.847. The molecule has 1 aliphatic carbocycles. The van der Waals surface area contributed by atoms with Crippen LogP contribution >= 0.6 is 0 Å². The summed E-state index contributed by atoms with van der Waals surface area (Å²) in [6.07, 6.45) is 7.01. The van der Waals surface area contributed by atoms with Crippen LogP contribution in [0.1, 0.15) is 56.3 Å². The van der Waals surface area contributed by atoms with Crippen molar-refractivity contribution in [2.24, 2.45) is 0 Å². The Labute approximate surface area is 158 Å². The molecule has 3 rings (SSSR count). The van der Waals surface area contributed by atoms with Gasteiger partial charge in [0.25, 0.3) is 5.91 Å². The van der Waals surface area contributed by atoms with E-state index in [9.17, 15) is 9.59 Å². The van der Waals surface area contributed by atoms with E-state index in [1.54, 1.807) is 29.8 Å². The van der Waals surface area contributed by atoms with Crippen LogP contribution in [0.5, 0.6) is 0 Å². The Morgan fingerprint density at radius 3 is 2.93 bits per heavy atom. The van der Waals surface area contributed by atoms with Crippen LogP contribution < -0.4 is 5.32 Å². The van der Waals surface area contributed by atoms with Crippen LogP contribution in [0.25, 0.3) is 11.0 Å². The number of benzene rings is 1. The predicted molar refractivity (Wildman–Crippen MR) is 102 cm³/mol. The van der Waals surface area contributed by atoms with Gasteiger partial charge in [-0.25, -0.2) is 9.48 Å². The topological polar surface area (TPSA) is 86.1 Å². The summed E-state index contributed by atoms with van der Waals surface area (Å²) >= 11 is 0. The lowest BCUT2D eigenvalue weighted by Gasteiger charge is -2.15. The van der Waals surface area contributed by atoms with Crippen molar-refractivity contribution in [1.29, 1.82) is 0 Å². The quantitative estimate of drug-likeness (QED) is 0.598. The summed E-state index contributed by atoms with van der Waals surface area (Å²) in [6.45, 7) is 4.83. The first kappa shape index (κ1) is 19.1. The van der Waals surface area contributed by atoms with Gasteiger partial charge in [-0.2, -0.15) is 0 Å². The second-order valence-corrected chi connectivity index (χ2v) is 6.81. The molecule has 27 heavy (non-hydrogen) atoms. The highest BCUT2D eigenvalue weighted by Gasteiger charge is 2.19. The van der Waals surface area contributed by atoms with Crippen molar-refractivity contribution in [3.8, 4) is 0 Å². The molecule has 0 radical (unpaired) electrons. The maximum Gasteiger partial charge on any atom is 0.338 e. The highest BCUT2D eigenvalue weighted by atomic mass is 16.5. The zero-order valence-electron chi connectivity index (χ0n) is 15.9. The van der Waals surface area contributed by atoms with E-state index in [0.29, 0.717) is 24.2 Å². The molecule has 1 amide bonds. The highest BCUT2D eigenvalue weighted by molar-refractivity contribution is 5.95. The molecule has 1 atom stereocenters. The lowest BCUT2D eigenvalue weighted by Crippen LogP contribution is -2.36. The minimum Gasteiger partial charge on any atom is -0.449 e. The van der Waals surface area contributed by atoms with E-state index >= 15 is 0 Å². The number of hydrogen-bond donors (Lipinski definition) is 1. The van der Waals surface area contributed by atoms with E-state index in [1.807, 2.05) is 6.92 Å². The molecule has 7 heteroatoms. The van der Waals surface area contributed by atoms with Crippen molar-refractivity contribution in [2.45, 2.75) is 58.6 Å². The Bertz CT molecular complexity index is 856. The Morgan fingerprint density at radius 1 is 1.33 bits per heavy atom. The van der Waals surface area contributed by atoms with Gasteiger partial charge in [-0.1, -0.05) is 16.9 Å². The normalized spacial score (nSPS) is 15.3. The molecular formula is C20H26N4O3. The monoisotopic (exact) mass is 370 g/mol. The van der Waals surface area contributed by atoms with Gasteiger partial charge in [-0.15, -0.1) is 5.10 Å². The SMILES string of the molecule is CCn1nnc2cc(C(=O)O[C@@H](C)C(=O)NCCC3=CCCCC3)ccc21. The molecule has 0 bridgehead atoms. The molecule has 1 aromatic heterocycles. The molecule has 144 valence electrons. The first-order valence-corrected chi connectivity index (χ1v) is 9.58. The van der Waals surface area contributed by atoms with Crippen molar-refractivity contribution in [1.82, 2.24) is 20.3 Å². The standard InChI is InChI=1S/C20H26N4O3/c1-3-24-18-10-9-16(13-17(18)22-23-24)20(26)27-14(2)19(25)21-12-11-15-7-5-4-6-8-15/h7,9-10,13-14H,3-6,8,11-12H2,1-2H3,(H,21,25)/t14-/m0/s1. The third-order valence-corrected chi connectivity index (χ3v) is 4.83. The number of rotatable bonds is 7. The van der Waals surface area contributed by atoms with Crippen LogP contribution in [-0.2, 0) is 16.1 Å². The number of allylic oxidation sites excluding steroid dienone is 1. The molecule has 1 heterocycles. The molecule has 1 aromatic carbocycles. The maximum absolute atomic E-state index is 12.3. The number of esters is 1. The van der Waals surface area contributed by atoms with Gasteiger partial charge in [-0.05, 0) is 64.2 Å². The van der Waals surface area contributed by atoms with Gasteiger partial charge in [0.15, 0.2) is 6.10 Å². The Morgan fingerprint density at radius 2 is 2.19 bits per heavy atom. The maximum atomic E-state index is 12.3. The second-order valence-electron chi connectivity index (χ2n) is 6.81. The van der Waals surface area contributed by atoms with Gasteiger partial charge >= 0.3 is 5.97 Å². The Balaban J connectivity index is 1.51. The summed E-state index contributed by atoms with van der Waals surface area (Å²) in [6, 6.07) is 5.09. The number of aromatic nitrogens is 3. The molecule has 0 fully saturated rings. The number of aryl methyl sites for hydroxylation is 1. The average Bonchev–Trinajstić information content (AvgIpc) is 3.11. The first-order valence-electron chi connectivity index (χ1n) is 9.58. The van der Waals surface area contributed by atoms with Gasteiger partial charge < -0.3 is 10.1 Å². The van der Waals surface area contributed by atoms with Gasteiger partial charge in [-0.3, -0.25) is 4.79 Å². The fourth-order valence-electron chi connectivity index (χ4n) is 3.24. The summed E-state index contributed by atoms with van der Waals surface area (Å²) in [5.74, 6) is -0.821. The van der Waals surface area contributed by atoms with E-state index in [4.69, 9.17) is 4.74 Å². The van der Waals surface area contributed by atoms with Crippen molar-refractivity contribution in [2.75, 3.05) is 6.54 Å². The van der Waals surface area contributed by atoms with Crippen LogP contribution in [0.2, 0.25) is 0 Å². The van der Waals surface area contributed by atoms with E-state index in [2.05, 4.69) is 21.7 Å². The Hall–Kier alpha value is -2.70. The van der Waals surface area contributed by atoms with E-state index in [1.165, 1.54) is 18.4 Å². The van der Waals surface area contributed by atoms with E-state index in [-0.39, 0.29) is 5.91 Å². The molecule has 7 nitrogen and oxygen atoms in total. The van der Waals surface area contributed by atoms with Crippen molar-refractivity contribution >= 4 is 22.9 Å². The number of ether oxygens (including phenoxy) is 1. The largest absolute Gasteiger partial charge is 0.449 e. The van der Waals surface area contributed by atoms with Crippen LogP contribution in [0, 0.1) is 0 Å².